The molecule has 1 heterocycles. The molecule has 0 amide bonds. The Labute approximate surface area is 102 Å². The van der Waals surface area contributed by atoms with Crippen molar-refractivity contribution in [2.24, 2.45) is 0 Å². The van der Waals surface area contributed by atoms with Gasteiger partial charge < -0.3 is 5.32 Å². The monoisotopic (exact) mass is 275 g/mol. The number of hydrogen-bond acceptors (Lipinski definition) is 3. The summed E-state index contributed by atoms with van der Waals surface area (Å²) < 4.78 is 1.15. The molecule has 1 aromatic heterocycles. The molecule has 2 aromatic rings. The number of nitrogens with one attached hydrogen (secondary N) is 1. The highest BCUT2D eigenvalue weighted by atomic mass is 79.9. The summed E-state index contributed by atoms with van der Waals surface area (Å²) in [6.07, 6.45) is 2.82. The van der Waals surface area contributed by atoms with Crippen LogP contribution in [0.1, 0.15) is 11.1 Å². The van der Waals surface area contributed by atoms with Crippen molar-refractivity contribution in [3.05, 3.63) is 40.0 Å². The van der Waals surface area contributed by atoms with Crippen LogP contribution in [0.5, 0.6) is 0 Å². The van der Waals surface area contributed by atoms with Crippen molar-refractivity contribution in [1.82, 2.24) is 9.97 Å². The molecule has 0 atom stereocenters. The van der Waals surface area contributed by atoms with Crippen molar-refractivity contribution in [2.45, 2.75) is 6.42 Å². The number of hydrogen-bond donors (Lipinski definition) is 1. The Kier molecular flexibility index (Phi) is 2.17. The number of aromatic nitrogens is 2. The molecule has 3 nitrogen and oxygen atoms in total. The Bertz CT molecular complexity index is 566. The van der Waals surface area contributed by atoms with E-state index in [-0.39, 0.29) is 0 Å². The van der Waals surface area contributed by atoms with E-state index in [2.05, 4.69) is 43.3 Å². The lowest BCUT2D eigenvalue weighted by molar-refractivity contribution is 1.11. The van der Waals surface area contributed by atoms with E-state index in [4.69, 9.17) is 0 Å². The molecule has 0 saturated heterocycles. The van der Waals surface area contributed by atoms with E-state index < -0.39 is 0 Å². The van der Waals surface area contributed by atoms with Gasteiger partial charge in [-0.05, 0) is 11.6 Å². The van der Waals surface area contributed by atoms with Crippen LogP contribution in [-0.2, 0) is 6.42 Å². The molecule has 0 unspecified atom stereocenters. The van der Waals surface area contributed by atoms with Crippen molar-refractivity contribution < 1.29 is 0 Å². The van der Waals surface area contributed by atoms with Crippen molar-refractivity contribution >= 4 is 21.9 Å². The molecule has 0 aliphatic heterocycles. The molecule has 80 valence electrons. The molecule has 1 aromatic carbocycles. The van der Waals surface area contributed by atoms with Gasteiger partial charge in [-0.3, -0.25) is 0 Å². The van der Waals surface area contributed by atoms with Gasteiger partial charge in [-0.2, -0.15) is 0 Å². The number of benzene rings is 1. The van der Waals surface area contributed by atoms with E-state index >= 15 is 0 Å². The van der Waals surface area contributed by atoms with Gasteiger partial charge in [0.15, 0.2) is 0 Å². The number of nitrogens with zero attached hydrogens (tertiary/aromatic N) is 2. The van der Waals surface area contributed by atoms with Crippen LogP contribution in [0, 0.1) is 0 Å². The third-order valence-corrected chi connectivity index (χ3v) is 3.57. The lowest BCUT2D eigenvalue weighted by atomic mass is 10.1. The molecule has 0 bridgehead atoms. The quantitative estimate of drug-likeness (QED) is 0.742. The second kappa shape index (κ2) is 3.56. The van der Waals surface area contributed by atoms with E-state index in [1.165, 1.54) is 16.7 Å². The molecule has 1 aliphatic rings. The highest BCUT2D eigenvalue weighted by Gasteiger charge is 2.22. The van der Waals surface area contributed by atoms with Crippen LogP contribution in [0.4, 0.5) is 5.95 Å². The maximum atomic E-state index is 4.51. The van der Waals surface area contributed by atoms with E-state index in [0.29, 0.717) is 5.95 Å². The molecule has 0 fully saturated rings. The summed E-state index contributed by atoms with van der Waals surface area (Å²) in [4.78, 5) is 8.76. The molecular weight excluding hydrogens is 266 g/mol. The molecular formula is C12H10BrN3. The minimum absolute atomic E-state index is 0.673. The molecule has 0 radical (unpaired) electrons. The molecule has 1 aliphatic carbocycles. The van der Waals surface area contributed by atoms with Gasteiger partial charge in [0, 0.05) is 35.3 Å². The second-order valence-corrected chi connectivity index (χ2v) is 4.61. The van der Waals surface area contributed by atoms with Crippen molar-refractivity contribution in [3.8, 4) is 11.3 Å². The average molecular weight is 276 g/mol. The fourth-order valence-electron chi connectivity index (χ4n) is 2.04. The van der Waals surface area contributed by atoms with Crippen molar-refractivity contribution in [3.63, 3.8) is 0 Å². The van der Waals surface area contributed by atoms with Gasteiger partial charge >= 0.3 is 0 Å². The maximum absolute atomic E-state index is 4.51. The van der Waals surface area contributed by atoms with E-state index in [9.17, 15) is 0 Å². The lowest BCUT2D eigenvalue weighted by Crippen LogP contribution is -1.97. The third kappa shape index (κ3) is 1.33. The van der Waals surface area contributed by atoms with Crippen molar-refractivity contribution in [1.29, 1.82) is 0 Å². The molecule has 1 N–H and O–H groups in total. The van der Waals surface area contributed by atoms with Gasteiger partial charge in [-0.1, -0.05) is 28.1 Å². The number of fused-ring (bicyclic) bond motifs is 3. The first-order valence-electron chi connectivity index (χ1n) is 5.11. The summed E-state index contributed by atoms with van der Waals surface area (Å²) in [6.45, 7) is 0. The zero-order valence-electron chi connectivity index (χ0n) is 8.79. The first-order valence-corrected chi connectivity index (χ1v) is 5.90. The number of anilines is 1. The molecule has 3 rings (SSSR count). The van der Waals surface area contributed by atoms with Crippen molar-refractivity contribution in [2.75, 3.05) is 12.4 Å². The average Bonchev–Trinajstić information content (AvgIpc) is 2.68. The van der Waals surface area contributed by atoms with Crippen LogP contribution in [0.25, 0.3) is 11.3 Å². The maximum Gasteiger partial charge on any atom is 0.222 e. The lowest BCUT2D eigenvalue weighted by Gasteiger charge is -2.02. The van der Waals surface area contributed by atoms with E-state index in [0.717, 1.165) is 16.6 Å². The summed E-state index contributed by atoms with van der Waals surface area (Å²) in [5, 5.41) is 2.97. The predicted molar refractivity (Wildman–Crippen MR) is 67.5 cm³/mol. The highest BCUT2D eigenvalue weighted by molar-refractivity contribution is 9.10. The first-order chi connectivity index (χ1) is 7.79. The summed E-state index contributed by atoms with van der Waals surface area (Å²) in [6, 6.07) is 6.22. The largest absolute Gasteiger partial charge is 0.357 e. The Morgan fingerprint density at radius 1 is 1.38 bits per heavy atom. The highest BCUT2D eigenvalue weighted by Crippen LogP contribution is 2.38. The van der Waals surface area contributed by atoms with Gasteiger partial charge in [0.1, 0.15) is 0 Å². The van der Waals surface area contributed by atoms with Gasteiger partial charge in [-0.25, -0.2) is 9.97 Å². The third-order valence-electron chi connectivity index (χ3n) is 2.83. The van der Waals surface area contributed by atoms with E-state index in [1.54, 1.807) is 0 Å². The van der Waals surface area contributed by atoms with Crippen LogP contribution < -0.4 is 5.32 Å². The Hall–Kier alpha value is -1.42. The topological polar surface area (TPSA) is 37.8 Å². The summed E-state index contributed by atoms with van der Waals surface area (Å²) in [5.41, 5.74) is 4.76. The van der Waals surface area contributed by atoms with Crippen LogP contribution in [0.3, 0.4) is 0 Å². The minimum atomic E-state index is 0.673. The summed E-state index contributed by atoms with van der Waals surface area (Å²) >= 11 is 3.58. The minimum Gasteiger partial charge on any atom is -0.357 e. The van der Waals surface area contributed by atoms with Crippen LogP contribution in [-0.4, -0.2) is 17.0 Å². The fraction of sp³-hybridized carbons (Fsp3) is 0.167. The Morgan fingerprint density at radius 2 is 2.25 bits per heavy atom. The molecule has 16 heavy (non-hydrogen) atoms. The van der Waals surface area contributed by atoms with Gasteiger partial charge in [-0.15, -0.1) is 0 Å². The first kappa shape index (κ1) is 9.78. The smallest absolute Gasteiger partial charge is 0.222 e. The SMILES string of the molecule is CNc1ncc2c(n1)-c1cccc(Br)c1C2. The number of halogens is 1. The predicted octanol–water partition coefficient (Wildman–Crippen LogP) is 2.85. The molecule has 4 heteroatoms. The number of rotatable bonds is 1. The van der Waals surface area contributed by atoms with Gasteiger partial charge in [0.25, 0.3) is 0 Å². The zero-order valence-corrected chi connectivity index (χ0v) is 10.4. The fourth-order valence-corrected chi connectivity index (χ4v) is 2.55. The van der Waals surface area contributed by atoms with Crippen LogP contribution >= 0.6 is 15.9 Å². The summed E-state index contributed by atoms with van der Waals surface area (Å²) in [7, 11) is 1.83. The van der Waals surface area contributed by atoms with Gasteiger partial charge in [0.2, 0.25) is 5.95 Å². The standard InChI is InChI=1S/C12H10BrN3/c1-14-12-15-6-7-5-9-8(11(7)16-12)3-2-4-10(9)13/h2-4,6H,5H2,1H3,(H,14,15,16). The molecule has 0 spiro atoms. The Balaban J connectivity index is 2.23. The summed E-state index contributed by atoms with van der Waals surface area (Å²) in [5.74, 6) is 0.673. The van der Waals surface area contributed by atoms with Crippen LogP contribution in [0.15, 0.2) is 28.9 Å². The van der Waals surface area contributed by atoms with Gasteiger partial charge in [0.05, 0.1) is 5.69 Å². The zero-order chi connectivity index (χ0) is 11.1. The molecule has 0 saturated carbocycles. The second-order valence-electron chi connectivity index (χ2n) is 3.76. The van der Waals surface area contributed by atoms with E-state index in [1.807, 2.05) is 19.3 Å². The Morgan fingerprint density at radius 3 is 3.06 bits per heavy atom. The van der Waals surface area contributed by atoms with Crippen LogP contribution in [0.2, 0.25) is 0 Å². The normalized spacial score (nSPS) is 12.1.